The van der Waals surface area contributed by atoms with Crippen LogP contribution in [0.3, 0.4) is 0 Å². The predicted molar refractivity (Wildman–Crippen MR) is 64.0 cm³/mol. The molecule has 0 aliphatic rings. The van der Waals surface area contributed by atoms with Gasteiger partial charge in [0.15, 0.2) is 0 Å². The number of aryl methyl sites for hydroxylation is 1. The maximum Gasteiger partial charge on any atom is 0.0636 e. The molecule has 0 spiro atoms. The summed E-state index contributed by atoms with van der Waals surface area (Å²) in [4.78, 5) is 0. The molecule has 15 heavy (non-hydrogen) atoms. The van der Waals surface area contributed by atoms with Crippen LogP contribution in [0.25, 0.3) is 0 Å². The highest BCUT2D eigenvalue weighted by atomic mass is 16.3. The molecule has 1 aromatic carbocycles. The first kappa shape index (κ1) is 12.2. The largest absolute Gasteiger partial charge is 0.392 e. The zero-order chi connectivity index (χ0) is 11.3. The molecule has 0 amide bonds. The Bertz CT molecular complexity index is 296. The molecule has 0 saturated carbocycles. The van der Waals surface area contributed by atoms with Crippen molar-refractivity contribution in [3.63, 3.8) is 0 Å². The standard InChI is InChI=1S/C13H21NO/c1-10-6-4-5-7-13(10)8-11(2)14-9-12(3)15/h4-7,11-12,14-15H,8-9H2,1-3H3/t11?,12-/m0/s1. The van der Waals surface area contributed by atoms with Gasteiger partial charge in [0.25, 0.3) is 0 Å². The highest BCUT2D eigenvalue weighted by Gasteiger charge is 2.05. The first-order valence-electron chi connectivity index (χ1n) is 5.55. The van der Waals surface area contributed by atoms with Gasteiger partial charge >= 0.3 is 0 Å². The molecule has 1 unspecified atom stereocenters. The van der Waals surface area contributed by atoms with Crippen LogP contribution in [-0.4, -0.2) is 23.8 Å². The summed E-state index contributed by atoms with van der Waals surface area (Å²) in [5.41, 5.74) is 2.71. The fourth-order valence-electron chi connectivity index (χ4n) is 1.61. The van der Waals surface area contributed by atoms with Crippen molar-refractivity contribution in [2.24, 2.45) is 0 Å². The molecule has 1 aromatic rings. The molecular formula is C13H21NO. The van der Waals surface area contributed by atoms with E-state index in [1.807, 2.05) is 0 Å². The smallest absolute Gasteiger partial charge is 0.0636 e. The van der Waals surface area contributed by atoms with E-state index in [0.717, 1.165) is 6.42 Å². The number of hydrogen-bond donors (Lipinski definition) is 2. The Balaban J connectivity index is 2.44. The summed E-state index contributed by atoms with van der Waals surface area (Å²) in [5.74, 6) is 0. The molecule has 0 saturated heterocycles. The Labute approximate surface area is 92.3 Å². The second kappa shape index (κ2) is 5.89. The minimum Gasteiger partial charge on any atom is -0.392 e. The third-order valence-corrected chi connectivity index (χ3v) is 2.55. The third kappa shape index (κ3) is 4.45. The molecule has 0 fully saturated rings. The van der Waals surface area contributed by atoms with E-state index in [1.54, 1.807) is 6.92 Å². The van der Waals surface area contributed by atoms with Gasteiger partial charge in [0.2, 0.25) is 0 Å². The lowest BCUT2D eigenvalue weighted by atomic mass is 10.0. The third-order valence-electron chi connectivity index (χ3n) is 2.55. The van der Waals surface area contributed by atoms with Gasteiger partial charge in [-0.25, -0.2) is 0 Å². The SMILES string of the molecule is Cc1ccccc1CC(C)NC[C@H](C)O. The van der Waals surface area contributed by atoms with Crippen molar-refractivity contribution < 1.29 is 5.11 Å². The van der Waals surface area contributed by atoms with Crippen molar-refractivity contribution in [3.8, 4) is 0 Å². The number of nitrogens with one attached hydrogen (secondary N) is 1. The van der Waals surface area contributed by atoms with Crippen LogP contribution < -0.4 is 5.32 Å². The molecule has 0 aliphatic carbocycles. The monoisotopic (exact) mass is 207 g/mol. The fraction of sp³-hybridized carbons (Fsp3) is 0.538. The number of aliphatic hydroxyl groups is 1. The summed E-state index contributed by atoms with van der Waals surface area (Å²) in [6.07, 6.45) is 0.740. The molecule has 0 heterocycles. The zero-order valence-corrected chi connectivity index (χ0v) is 9.83. The molecule has 0 aromatic heterocycles. The zero-order valence-electron chi connectivity index (χ0n) is 9.83. The van der Waals surface area contributed by atoms with Crippen LogP contribution >= 0.6 is 0 Å². The first-order valence-corrected chi connectivity index (χ1v) is 5.55. The quantitative estimate of drug-likeness (QED) is 0.773. The lowest BCUT2D eigenvalue weighted by Gasteiger charge is -2.16. The van der Waals surface area contributed by atoms with Crippen LogP contribution in [0.5, 0.6) is 0 Å². The van der Waals surface area contributed by atoms with E-state index in [2.05, 4.69) is 43.4 Å². The number of rotatable bonds is 5. The minimum atomic E-state index is -0.274. The molecule has 2 atom stereocenters. The van der Waals surface area contributed by atoms with Gasteiger partial charge in [0.1, 0.15) is 0 Å². The van der Waals surface area contributed by atoms with Gasteiger partial charge in [-0.15, -0.1) is 0 Å². The van der Waals surface area contributed by atoms with E-state index in [0.29, 0.717) is 12.6 Å². The van der Waals surface area contributed by atoms with E-state index in [1.165, 1.54) is 11.1 Å². The normalized spacial score (nSPS) is 14.9. The number of hydrogen-bond acceptors (Lipinski definition) is 2. The van der Waals surface area contributed by atoms with Crippen molar-refractivity contribution in [3.05, 3.63) is 35.4 Å². The van der Waals surface area contributed by atoms with E-state index >= 15 is 0 Å². The summed E-state index contributed by atoms with van der Waals surface area (Å²) in [6, 6.07) is 8.84. The van der Waals surface area contributed by atoms with Crippen LogP contribution in [0.15, 0.2) is 24.3 Å². The molecular weight excluding hydrogens is 186 g/mol. The van der Waals surface area contributed by atoms with Gasteiger partial charge in [-0.2, -0.15) is 0 Å². The van der Waals surface area contributed by atoms with Gasteiger partial charge in [-0.1, -0.05) is 24.3 Å². The Kier molecular flexibility index (Phi) is 4.79. The van der Waals surface area contributed by atoms with Crippen molar-refractivity contribution >= 4 is 0 Å². The van der Waals surface area contributed by atoms with E-state index in [9.17, 15) is 0 Å². The lowest BCUT2D eigenvalue weighted by Crippen LogP contribution is -2.34. The molecule has 0 radical (unpaired) electrons. The Morgan fingerprint density at radius 2 is 1.93 bits per heavy atom. The highest BCUT2D eigenvalue weighted by molar-refractivity contribution is 5.26. The van der Waals surface area contributed by atoms with E-state index in [4.69, 9.17) is 5.11 Å². The van der Waals surface area contributed by atoms with E-state index < -0.39 is 0 Å². The average molecular weight is 207 g/mol. The van der Waals surface area contributed by atoms with Gasteiger partial charge in [0, 0.05) is 12.6 Å². The van der Waals surface area contributed by atoms with Crippen LogP contribution in [0, 0.1) is 6.92 Å². The fourth-order valence-corrected chi connectivity index (χ4v) is 1.61. The summed E-state index contributed by atoms with van der Waals surface area (Å²) < 4.78 is 0. The molecule has 0 aliphatic heterocycles. The molecule has 2 N–H and O–H groups in total. The van der Waals surface area contributed by atoms with Crippen molar-refractivity contribution in [2.75, 3.05) is 6.54 Å². The first-order chi connectivity index (χ1) is 7.09. The molecule has 84 valence electrons. The number of benzene rings is 1. The molecule has 0 bridgehead atoms. The van der Waals surface area contributed by atoms with Crippen molar-refractivity contribution in [1.82, 2.24) is 5.32 Å². The van der Waals surface area contributed by atoms with Crippen LogP contribution in [0.2, 0.25) is 0 Å². The van der Waals surface area contributed by atoms with Gasteiger partial charge in [-0.05, 0) is 38.3 Å². The van der Waals surface area contributed by atoms with Gasteiger partial charge in [-0.3, -0.25) is 0 Å². The van der Waals surface area contributed by atoms with Crippen LogP contribution in [-0.2, 0) is 6.42 Å². The average Bonchev–Trinajstić information content (AvgIpc) is 2.18. The van der Waals surface area contributed by atoms with Crippen molar-refractivity contribution in [2.45, 2.75) is 39.3 Å². The summed E-state index contributed by atoms with van der Waals surface area (Å²) in [6.45, 7) is 6.74. The van der Waals surface area contributed by atoms with E-state index in [-0.39, 0.29) is 6.10 Å². The molecule has 2 heteroatoms. The topological polar surface area (TPSA) is 32.3 Å². The van der Waals surface area contributed by atoms with Gasteiger partial charge < -0.3 is 10.4 Å². The van der Waals surface area contributed by atoms with Crippen LogP contribution in [0.1, 0.15) is 25.0 Å². The number of aliphatic hydroxyl groups excluding tert-OH is 1. The Hall–Kier alpha value is -0.860. The predicted octanol–water partition coefficient (Wildman–Crippen LogP) is 1.90. The second-order valence-corrected chi connectivity index (χ2v) is 4.29. The second-order valence-electron chi connectivity index (χ2n) is 4.29. The summed E-state index contributed by atoms with van der Waals surface area (Å²) >= 11 is 0. The molecule has 1 rings (SSSR count). The Morgan fingerprint density at radius 1 is 1.27 bits per heavy atom. The van der Waals surface area contributed by atoms with Crippen molar-refractivity contribution in [1.29, 1.82) is 0 Å². The summed E-state index contributed by atoms with van der Waals surface area (Å²) in [5, 5.41) is 12.5. The summed E-state index contributed by atoms with van der Waals surface area (Å²) in [7, 11) is 0. The maximum atomic E-state index is 9.16. The van der Waals surface area contributed by atoms with Gasteiger partial charge in [0.05, 0.1) is 6.10 Å². The minimum absolute atomic E-state index is 0.274. The highest BCUT2D eigenvalue weighted by Crippen LogP contribution is 2.09. The maximum absolute atomic E-state index is 9.16. The lowest BCUT2D eigenvalue weighted by molar-refractivity contribution is 0.187. The Morgan fingerprint density at radius 3 is 2.53 bits per heavy atom. The molecule has 2 nitrogen and oxygen atoms in total. The van der Waals surface area contributed by atoms with Crippen LogP contribution in [0.4, 0.5) is 0 Å².